The number of nitrogens with one attached hydrogen (secondary N) is 1. The third-order valence-electron chi connectivity index (χ3n) is 5.06. The van der Waals surface area contributed by atoms with Crippen LogP contribution in [0.15, 0.2) is 0 Å². The Labute approximate surface area is 115 Å². The molecule has 0 radical (unpaired) electrons. The molecule has 4 heteroatoms. The van der Waals surface area contributed by atoms with Gasteiger partial charge in [-0.25, -0.2) is 0 Å². The number of thioether (sulfide) groups is 1. The molecule has 3 nitrogen and oxygen atoms in total. The number of ether oxygens (including phenoxy) is 1. The van der Waals surface area contributed by atoms with Crippen LogP contribution in [-0.4, -0.2) is 60.8 Å². The van der Waals surface area contributed by atoms with Crippen LogP contribution >= 0.6 is 11.8 Å². The predicted octanol–water partition coefficient (Wildman–Crippen LogP) is 1.72. The van der Waals surface area contributed by atoms with Gasteiger partial charge in [0.15, 0.2) is 0 Å². The van der Waals surface area contributed by atoms with Gasteiger partial charge in [0, 0.05) is 25.2 Å². The first-order valence-electron chi connectivity index (χ1n) is 7.43. The van der Waals surface area contributed by atoms with Gasteiger partial charge in [-0.2, -0.15) is 11.8 Å². The standard InChI is InChI=1S/C14H26N2OS/c1-16(13-2-6-15-11-13)12-3-7-17-14(10-12)4-8-18-9-5-14/h12-13,15H,2-11H2,1H3. The van der Waals surface area contributed by atoms with Crippen molar-refractivity contribution in [3.05, 3.63) is 0 Å². The van der Waals surface area contributed by atoms with Gasteiger partial charge in [0.1, 0.15) is 0 Å². The summed E-state index contributed by atoms with van der Waals surface area (Å²) in [6.45, 7) is 3.34. The molecule has 0 aromatic heterocycles. The maximum Gasteiger partial charge on any atom is 0.0713 e. The van der Waals surface area contributed by atoms with E-state index in [0.717, 1.165) is 18.7 Å². The molecular formula is C14H26N2OS. The van der Waals surface area contributed by atoms with Crippen molar-refractivity contribution in [2.75, 3.05) is 38.2 Å². The summed E-state index contributed by atoms with van der Waals surface area (Å²) in [5, 5.41) is 3.49. The molecule has 3 rings (SSSR count). The predicted molar refractivity (Wildman–Crippen MR) is 77.3 cm³/mol. The maximum absolute atomic E-state index is 6.19. The summed E-state index contributed by atoms with van der Waals surface area (Å²) in [7, 11) is 2.33. The number of hydrogen-bond acceptors (Lipinski definition) is 4. The zero-order valence-electron chi connectivity index (χ0n) is 11.5. The van der Waals surface area contributed by atoms with Gasteiger partial charge in [-0.15, -0.1) is 0 Å². The van der Waals surface area contributed by atoms with Gasteiger partial charge in [-0.1, -0.05) is 0 Å². The molecule has 2 unspecified atom stereocenters. The van der Waals surface area contributed by atoms with Crippen LogP contribution in [0.2, 0.25) is 0 Å². The molecule has 18 heavy (non-hydrogen) atoms. The van der Waals surface area contributed by atoms with Crippen molar-refractivity contribution in [2.24, 2.45) is 0 Å². The number of hydrogen-bond donors (Lipinski definition) is 1. The summed E-state index contributed by atoms with van der Waals surface area (Å²) in [6, 6.07) is 1.50. The van der Waals surface area contributed by atoms with Gasteiger partial charge in [-0.3, -0.25) is 4.90 Å². The molecule has 3 aliphatic heterocycles. The van der Waals surface area contributed by atoms with Gasteiger partial charge in [-0.05, 0) is 57.2 Å². The summed E-state index contributed by atoms with van der Waals surface area (Å²) in [4.78, 5) is 2.64. The highest BCUT2D eigenvalue weighted by molar-refractivity contribution is 7.99. The molecule has 0 aromatic rings. The van der Waals surface area contributed by atoms with E-state index in [9.17, 15) is 0 Å². The topological polar surface area (TPSA) is 24.5 Å². The van der Waals surface area contributed by atoms with Crippen molar-refractivity contribution in [1.29, 1.82) is 0 Å². The molecule has 104 valence electrons. The Morgan fingerprint density at radius 3 is 2.78 bits per heavy atom. The normalized spacial score (nSPS) is 36.3. The molecule has 0 aliphatic carbocycles. The summed E-state index contributed by atoms with van der Waals surface area (Å²) in [5.41, 5.74) is 0.231. The molecule has 3 fully saturated rings. The second kappa shape index (κ2) is 5.70. The van der Waals surface area contributed by atoms with Gasteiger partial charge in [0.05, 0.1) is 5.60 Å². The van der Waals surface area contributed by atoms with Crippen molar-refractivity contribution >= 4 is 11.8 Å². The molecule has 0 amide bonds. The fourth-order valence-corrected chi connectivity index (χ4v) is 4.96. The van der Waals surface area contributed by atoms with Crippen LogP contribution in [-0.2, 0) is 4.74 Å². The van der Waals surface area contributed by atoms with Crippen molar-refractivity contribution in [2.45, 2.75) is 49.8 Å². The van der Waals surface area contributed by atoms with E-state index >= 15 is 0 Å². The lowest BCUT2D eigenvalue weighted by molar-refractivity contribution is -0.111. The minimum atomic E-state index is 0.231. The zero-order chi connectivity index (χ0) is 12.4. The third-order valence-corrected chi connectivity index (χ3v) is 6.04. The van der Waals surface area contributed by atoms with Crippen LogP contribution in [0.1, 0.15) is 32.1 Å². The summed E-state index contributed by atoms with van der Waals surface area (Å²) in [5.74, 6) is 2.59. The molecule has 1 spiro atoms. The average Bonchev–Trinajstić information content (AvgIpc) is 2.93. The average molecular weight is 270 g/mol. The van der Waals surface area contributed by atoms with E-state index in [-0.39, 0.29) is 5.60 Å². The van der Waals surface area contributed by atoms with Crippen LogP contribution in [0, 0.1) is 0 Å². The molecular weight excluding hydrogens is 244 g/mol. The Morgan fingerprint density at radius 2 is 2.06 bits per heavy atom. The lowest BCUT2D eigenvalue weighted by atomic mass is 9.84. The summed E-state index contributed by atoms with van der Waals surface area (Å²) < 4.78 is 6.19. The Morgan fingerprint density at radius 1 is 1.22 bits per heavy atom. The smallest absolute Gasteiger partial charge is 0.0713 e. The molecule has 3 heterocycles. The fourth-order valence-electron chi connectivity index (χ4n) is 3.73. The third kappa shape index (κ3) is 2.72. The van der Waals surface area contributed by atoms with Crippen LogP contribution in [0.5, 0.6) is 0 Å². The second-order valence-corrected chi connectivity index (χ2v) is 7.33. The van der Waals surface area contributed by atoms with Gasteiger partial charge in [0.25, 0.3) is 0 Å². The van der Waals surface area contributed by atoms with Crippen LogP contribution < -0.4 is 5.32 Å². The molecule has 3 saturated heterocycles. The van der Waals surface area contributed by atoms with Crippen LogP contribution in [0.4, 0.5) is 0 Å². The molecule has 1 N–H and O–H groups in total. The van der Waals surface area contributed by atoms with E-state index in [1.165, 1.54) is 56.7 Å². The molecule has 2 atom stereocenters. The van der Waals surface area contributed by atoms with Crippen molar-refractivity contribution in [1.82, 2.24) is 10.2 Å². The molecule has 3 aliphatic rings. The monoisotopic (exact) mass is 270 g/mol. The van der Waals surface area contributed by atoms with Gasteiger partial charge >= 0.3 is 0 Å². The lowest BCUT2D eigenvalue weighted by Crippen LogP contribution is -2.52. The molecule has 0 aromatic carbocycles. The highest BCUT2D eigenvalue weighted by atomic mass is 32.2. The van der Waals surface area contributed by atoms with E-state index in [0.29, 0.717) is 0 Å². The largest absolute Gasteiger partial charge is 0.375 e. The molecule has 0 saturated carbocycles. The highest BCUT2D eigenvalue weighted by Gasteiger charge is 2.41. The first kappa shape index (κ1) is 13.2. The lowest BCUT2D eigenvalue weighted by Gasteiger charge is -2.46. The van der Waals surface area contributed by atoms with E-state index in [1.807, 2.05) is 0 Å². The van der Waals surface area contributed by atoms with Crippen LogP contribution in [0.25, 0.3) is 0 Å². The van der Waals surface area contributed by atoms with E-state index in [1.54, 1.807) is 0 Å². The summed E-state index contributed by atoms with van der Waals surface area (Å²) >= 11 is 2.09. The Bertz CT molecular complexity index is 269. The Kier molecular flexibility index (Phi) is 4.18. The van der Waals surface area contributed by atoms with E-state index in [2.05, 4.69) is 29.0 Å². The zero-order valence-corrected chi connectivity index (χ0v) is 12.3. The Balaban J connectivity index is 1.62. The van der Waals surface area contributed by atoms with Crippen LogP contribution in [0.3, 0.4) is 0 Å². The molecule has 0 bridgehead atoms. The van der Waals surface area contributed by atoms with Crippen molar-refractivity contribution < 1.29 is 4.74 Å². The summed E-state index contributed by atoms with van der Waals surface area (Å²) in [6.07, 6.45) is 6.34. The first-order valence-corrected chi connectivity index (χ1v) is 8.59. The van der Waals surface area contributed by atoms with Gasteiger partial charge < -0.3 is 10.1 Å². The van der Waals surface area contributed by atoms with Crippen molar-refractivity contribution in [3.63, 3.8) is 0 Å². The Hall–Kier alpha value is 0.230. The number of nitrogens with zero attached hydrogens (tertiary/aromatic N) is 1. The maximum atomic E-state index is 6.19. The fraction of sp³-hybridized carbons (Fsp3) is 1.00. The van der Waals surface area contributed by atoms with E-state index < -0.39 is 0 Å². The number of likely N-dealkylation sites (N-methyl/N-ethyl adjacent to an activating group) is 1. The second-order valence-electron chi connectivity index (χ2n) is 6.10. The number of rotatable bonds is 2. The minimum absolute atomic E-state index is 0.231. The quantitative estimate of drug-likeness (QED) is 0.826. The first-order chi connectivity index (χ1) is 8.79. The highest BCUT2D eigenvalue weighted by Crippen LogP contribution is 2.39. The van der Waals surface area contributed by atoms with Gasteiger partial charge in [0.2, 0.25) is 0 Å². The minimum Gasteiger partial charge on any atom is -0.375 e. The van der Waals surface area contributed by atoms with E-state index in [4.69, 9.17) is 4.74 Å². The SMILES string of the molecule is CN(C1CCNC1)C1CCOC2(CCSCC2)C1. The van der Waals surface area contributed by atoms with Crippen molar-refractivity contribution in [3.8, 4) is 0 Å².